The highest BCUT2D eigenvalue weighted by atomic mass is 32.2. The van der Waals surface area contributed by atoms with Gasteiger partial charge in [-0.2, -0.15) is 0 Å². The van der Waals surface area contributed by atoms with E-state index in [0.29, 0.717) is 0 Å². The SMILES string of the molecule is COC(=O)[C@H]1O[C@@H]([C@@H](OC(C)=O)[C@@H]2[C@H](O)[C@H]3O[C@H]([C@H](O[Si](C)(C)C(C)(C)C)[C@H]3OCc3ccccc3)[C@H]2Sc2ccccc2)[C@@H](OC(C)=O)[C@@H](OC(=O)c2ccccc2)[C@@H]1OC(C)=O. The van der Waals surface area contributed by atoms with E-state index in [1.165, 1.54) is 23.9 Å². The van der Waals surface area contributed by atoms with Gasteiger partial charge in [0, 0.05) is 36.8 Å². The summed E-state index contributed by atoms with van der Waals surface area (Å²) in [5.41, 5.74) is 0.964. The van der Waals surface area contributed by atoms with Gasteiger partial charge in [0.2, 0.25) is 0 Å². The largest absolute Gasteiger partial charge is 0.467 e. The van der Waals surface area contributed by atoms with Gasteiger partial charge in [-0.15, -0.1) is 11.8 Å². The predicted molar refractivity (Wildman–Crippen MR) is 234 cm³/mol. The number of methoxy groups -OCH3 is 1. The highest BCUT2D eigenvalue weighted by molar-refractivity contribution is 8.00. The van der Waals surface area contributed by atoms with Gasteiger partial charge in [-0.25, -0.2) is 9.59 Å². The predicted octanol–water partition coefficient (Wildman–Crippen LogP) is 5.84. The van der Waals surface area contributed by atoms with Gasteiger partial charge in [-0.05, 0) is 48.0 Å². The van der Waals surface area contributed by atoms with Crippen LogP contribution in [0.3, 0.4) is 0 Å². The van der Waals surface area contributed by atoms with Crippen LogP contribution in [0.5, 0.6) is 0 Å². The minimum Gasteiger partial charge on any atom is -0.467 e. The van der Waals surface area contributed by atoms with Crippen molar-refractivity contribution in [3.8, 4) is 0 Å². The molecule has 3 aromatic carbocycles. The average molecular weight is 923 g/mol. The zero-order chi connectivity index (χ0) is 46.5. The molecule has 13 atom stereocenters. The summed E-state index contributed by atoms with van der Waals surface area (Å²) in [6.07, 6.45) is -15.2. The Kier molecular flexibility index (Phi) is 15.8. The number of thioether (sulfide) groups is 1. The molecule has 1 N–H and O–H groups in total. The van der Waals surface area contributed by atoms with Crippen molar-refractivity contribution in [3.63, 3.8) is 0 Å². The maximum Gasteiger partial charge on any atom is 0.339 e. The van der Waals surface area contributed by atoms with Crippen LogP contribution in [-0.2, 0) is 68.1 Å². The Labute approximate surface area is 378 Å². The molecular weight excluding hydrogens is 865 g/mol. The number of esters is 5. The highest BCUT2D eigenvalue weighted by Gasteiger charge is 2.66. The number of rotatable bonds is 15. The number of carbonyl (C=O) groups excluding carboxylic acids is 5. The van der Waals surface area contributed by atoms with Gasteiger partial charge in [0.1, 0.15) is 30.5 Å². The number of benzene rings is 3. The third-order valence-corrected chi connectivity index (χ3v) is 18.0. The van der Waals surface area contributed by atoms with Gasteiger partial charge in [-0.3, -0.25) is 14.4 Å². The molecule has 17 heteroatoms. The van der Waals surface area contributed by atoms with E-state index in [1.54, 1.807) is 18.2 Å². The Hall–Kier alpha value is -4.62. The van der Waals surface area contributed by atoms with Gasteiger partial charge in [-0.1, -0.05) is 87.5 Å². The zero-order valence-electron chi connectivity index (χ0n) is 37.4. The summed E-state index contributed by atoms with van der Waals surface area (Å²) in [4.78, 5) is 67.6. The van der Waals surface area contributed by atoms with Crippen molar-refractivity contribution in [1.29, 1.82) is 0 Å². The topological polar surface area (TPSA) is 189 Å². The van der Waals surface area contributed by atoms with Gasteiger partial charge >= 0.3 is 29.8 Å². The number of aliphatic hydroxyl groups excluding tert-OH is 1. The number of hydrogen-bond acceptors (Lipinski definition) is 16. The Morgan fingerprint density at radius 2 is 1.30 bits per heavy atom. The number of aliphatic hydroxyl groups is 1. The fraction of sp³-hybridized carbons (Fsp3) is 0.511. The number of hydrogen-bond donors (Lipinski definition) is 1. The first-order valence-electron chi connectivity index (χ1n) is 21.2. The molecule has 0 saturated carbocycles. The maximum atomic E-state index is 13.9. The van der Waals surface area contributed by atoms with Crippen molar-refractivity contribution in [1.82, 2.24) is 0 Å². The molecule has 6 rings (SSSR count). The summed E-state index contributed by atoms with van der Waals surface area (Å²) in [7, 11) is -1.53. The molecule has 3 aliphatic rings. The molecule has 3 saturated heterocycles. The van der Waals surface area contributed by atoms with Crippen molar-refractivity contribution in [2.24, 2.45) is 5.92 Å². The van der Waals surface area contributed by atoms with Crippen molar-refractivity contribution < 1.29 is 71.4 Å². The van der Waals surface area contributed by atoms with Crippen LogP contribution in [-0.4, -0.2) is 123 Å². The van der Waals surface area contributed by atoms with Crippen molar-refractivity contribution in [3.05, 3.63) is 102 Å². The lowest BCUT2D eigenvalue weighted by Crippen LogP contribution is -2.69. The van der Waals surface area contributed by atoms with Crippen LogP contribution in [0.4, 0.5) is 0 Å². The summed E-state index contributed by atoms with van der Waals surface area (Å²) in [6.45, 7) is 14.1. The molecule has 0 aromatic heterocycles. The molecular formula is C47H58O15SSi. The number of ether oxygens (including phenoxy) is 8. The lowest BCUT2D eigenvalue weighted by molar-refractivity contribution is -0.269. The van der Waals surface area contributed by atoms with E-state index < -0.39 is 116 Å². The van der Waals surface area contributed by atoms with E-state index >= 15 is 0 Å². The van der Waals surface area contributed by atoms with Gasteiger partial charge in [0.25, 0.3) is 0 Å². The third kappa shape index (κ3) is 11.1. The molecule has 346 valence electrons. The lowest BCUT2D eigenvalue weighted by atomic mass is 9.80. The molecule has 3 heterocycles. The van der Waals surface area contributed by atoms with Crippen LogP contribution < -0.4 is 0 Å². The summed E-state index contributed by atoms with van der Waals surface area (Å²) in [5, 5.41) is 11.9. The maximum absolute atomic E-state index is 13.9. The van der Waals surface area contributed by atoms with Gasteiger partial charge in [0.15, 0.2) is 32.7 Å². The number of fused-ring (bicyclic) bond motifs is 2. The fourth-order valence-corrected chi connectivity index (χ4v) is 11.0. The van der Waals surface area contributed by atoms with E-state index in [4.69, 9.17) is 42.3 Å². The Morgan fingerprint density at radius 3 is 1.86 bits per heavy atom. The summed E-state index contributed by atoms with van der Waals surface area (Å²) >= 11 is 1.35. The average Bonchev–Trinajstić information content (AvgIpc) is 3.56. The summed E-state index contributed by atoms with van der Waals surface area (Å²) in [5.74, 6) is -5.68. The minimum atomic E-state index is -2.62. The van der Waals surface area contributed by atoms with Gasteiger partial charge in [0.05, 0.1) is 31.5 Å². The first kappa shape index (κ1) is 48.8. The Balaban J connectivity index is 1.53. The third-order valence-electron chi connectivity index (χ3n) is 12.1. The smallest absolute Gasteiger partial charge is 0.339 e. The molecule has 3 aliphatic heterocycles. The lowest BCUT2D eigenvalue weighted by Gasteiger charge is -2.50. The van der Waals surface area contributed by atoms with Crippen LogP contribution in [0.1, 0.15) is 57.5 Å². The Morgan fingerprint density at radius 1 is 0.719 bits per heavy atom. The van der Waals surface area contributed by atoms with Crippen molar-refractivity contribution in [2.45, 2.75) is 144 Å². The van der Waals surface area contributed by atoms with Crippen LogP contribution in [0.15, 0.2) is 95.9 Å². The quantitative estimate of drug-likeness (QED) is 0.109. The van der Waals surface area contributed by atoms with Crippen molar-refractivity contribution in [2.75, 3.05) is 7.11 Å². The number of carbonyl (C=O) groups is 5. The summed E-state index contributed by atoms with van der Waals surface area (Å²) < 4.78 is 56.2. The second-order valence-corrected chi connectivity index (χ2v) is 23.6. The van der Waals surface area contributed by atoms with E-state index in [0.717, 1.165) is 38.3 Å². The van der Waals surface area contributed by atoms with Gasteiger partial charge < -0.3 is 47.4 Å². The van der Waals surface area contributed by atoms with E-state index in [-0.39, 0.29) is 17.2 Å². The minimum absolute atomic E-state index is 0.0879. The normalized spacial score (nSPS) is 29.5. The fourth-order valence-electron chi connectivity index (χ4n) is 8.22. The molecule has 64 heavy (non-hydrogen) atoms. The molecule has 2 bridgehead atoms. The molecule has 3 fully saturated rings. The van der Waals surface area contributed by atoms with E-state index in [2.05, 4.69) is 33.9 Å². The molecule has 0 unspecified atom stereocenters. The summed E-state index contributed by atoms with van der Waals surface area (Å²) in [6, 6.07) is 26.8. The monoisotopic (exact) mass is 922 g/mol. The molecule has 0 aliphatic carbocycles. The first-order valence-corrected chi connectivity index (χ1v) is 25.0. The molecule has 15 nitrogen and oxygen atoms in total. The molecule has 0 spiro atoms. The standard InChI is InChI=1S/C47H58O15SSi/c1-26(48)56-34(37-38(57-27(2)49)39(61-45(52)30-21-15-11-16-22-30)40(58-28(3)50)43(60-37)46(53)54-7)32-33(51)35-36(55-25-29-19-13-10-14-20-29)41(62-64(8,9)47(4,5)6)42(59-35)44(32)63-31-23-17-12-18-24-31/h10-24,32-44,51H,25H2,1-9H3/t32-,33-,34-,35+,36-,37-,38+,39+,40-,41+,42+,43-,44-/m0/s1. The van der Waals surface area contributed by atoms with Crippen molar-refractivity contribution >= 4 is 49.9 Å². The second kappa shape index (κ2) is 20.7. The molecule has 0 radical (unpaired) electrons. The van der Waals surface area contributed by atoms with Crippen LogP contribution in [0.25, 0.3) is 0 Å². The van der Waals surface area contributed by atoms with E-state index in [9.17, 15) is 29.1 Å². The van der Waals surface area contributed by atoms with Crippen LogP contribution in [0.2, 0.25) is 18.1 Å². The second-order valence-electron chi connectivity index (χ2n) is 17.6. The molecule has 3 aromatic rings. The molecule has 0 amide bonds. The van der Waals surface area contributed by atoms with E-state index in [1.807, 2.05) is 60.7 Å². The first-order chi connectivity index (χ1) is 30.3. The van der Waals surface area contributed by atoms with Crippen LogP contribution >= 0.6 is 11.8 Å². The zero-order valence-corrected chi connectivity index (χ0v) is 39.3. The Bertz CT molecular complexity index is 2080. The highest BCUT2D eigenvalue weighted by Crippen LogP contribution is 2.52. The van der Waals surface area contributed by atoms with Crippen LogP contribution in [0, 0.1) is 5.92 Å².